The first-order valence-corrected chi connectivity index (χ1v) is 11.5. The van der Waals surface area contributed by atoms with Crippen molar-refractivity contribution in [3.63, 3.8) is 0 Å². The maximum atomic E-state index is 12.4. The molecule has 1 aromatic carbocycles. The van der Waals surface area contributed by atoms with Gasteiger partial charge in [-0.15, -0.1) is 0 Å². The summed E-state index contributed by atoms with van der Waals surface area (Å²) in [5.74, 6) is 0. The number of likely N-dealkylation sites (tertiary alicyclic amines) is 1. The lowest BCUT2D eigenvalue weighted by molar-refractivity contribution is -0.0542. The highest BCUT2D eigenvalue weighted by Gasteiger charge is 2.29. The fourth-order valence-electron chi connectivity index (χ4n) is 3.54. The smallest absolute Gasteiger partial charge is 0.321 e. The van der Waals surface area contributed by atoms with Crippen LogP contribution in [0, 0.1) is 0 Å². The van der Waals surface area contributed by atoms with E-state index in [0.717, 1.165) is 25.7 Å². The number of carbonyl (C=O) groups excluding carboxylic acids is 1. The molecule has 0 spiro atoms. The van der Waals surface area contributed by atoms with Gasteiger partial charge in [-0.1, -0.05) is 17.7 Å². The first-order chi connectivity index (χ1) is 12.8. The van der Waals surface area contributed by atoms with Crippen molar-refractivity contribution in [2.45, 2.75) is 37.9 Å². The third-order valence-corrected chi connectivity index (χ3v) is 6.60. The normalized spacial score (nSPS) is 20.6. The zero-order valence-corrected chi connectivity index (χ0v) is 17.0. The van der Waals surface area contributed by atoms with E-state index in [4.69, 9.17) is 16.3 Å². The van der Waals surface area contributed by atoms with E-state index >= 15 is 0 Å². The van der Waals surface area contributed by atoms with Crippen LogP contribution in [0.3, 0.4) is 0 Å². The highest BCUT2D eigenvalue weighted by molar-refractivity contribution is 7.88. The molecule has 0 bridgehead atoms. The van der Waals surface area contributed by atoms with E-state index in [1.165, 1.54) is 10.6 Å². The van der Waals surface area contributed by atoms with E-state index in [2.05, 4.69) is 5.32 Å². The number of rotatable bonds is 4. The van der Waals surface area contributed by atoms with Gasteiger partial charge in [-0.3, -0.25) is 0 Å². The lowest BCUT2D eigenvalue weighted by Gasteiger charge is -2.36. The van der Waals surface area contributed by atoms with Gasteiger partial charge in [-0.25, -0.2) is 17.5 Å². The Morgan fingerprint density at radius 1 is 1.11 bits per heavy atom. The molecule has 1 aromatic rings. The second kappa shape index (κ2) is 8.77. The highest BCUT2D eigenvalue weighted by atomic mass is 35.5. The Morgan fingerprint density at radius 3 is 2.26 bits per heavy atom. The molecule has 2 aliphatic heterocycles. The largest absolute Gasteiger partial charge is 0.375 e. The van der Waals surface area contributed by atoms with Crippen LogP contribution < -0.4 is 5.32 Å². The molecule has 0 unspecified atom stereocenters. The number of sulfonamides is 1. The standard InChI is InChI=1S/C18H26ClN3O4S/c1-27(24,25)22-11-7-17(8-12-22)26-16-5-9-21(10-6-16)18(23)20-15-4-2-3-14(19)13-15/h2-4,13,16-17H,5-12H2,1H3,(H,20,23). The van der Waals surface area contributed by atoms with Gasteiger partial charge in [-0.05, 0) is 43.9 Å². The van der Waals surface area contributed by atoms with Crippen molar-refractivity contribution in [2.24, 2.45) is 0 Å². The summed E-state index contributed by atoms with van der Waals surface area (Å²) in [6, 6.07) is 6.96. The molecule has 0 aromatic heterocycles. The topological polar surface area (TPSA) is 79.0 Å². The molecular weight excluding hydrogens is 390 g/mol. The Balaban J connectivity index is 1.41. The average Bonchev–Trinajstić information content (AvgIpc) is 2.62. The summed E-state index contributed by atoms with van der Waals surface area (Å²) >= 11 is 5.94. The Morgan fingerprint density at radius 2 is 1.70 bits per heavy atom. The summed E-state index contributed by atoms with van der Waals surface area (Å²) in [4.78, 5) is 14.2. The minimum Gasteiger partial charge on any atom is -0.375 e. The van der Waals surface area contributed by atoms with E-state index in [0.29, 0.717) is 36.9 Å². The van der Waals surface area contributed by atoms with Crippen molar-refractivity contribution in [1.29, 1.82) is 0 Å². The lowest BCUT2D eigenvalue weighted by Crippen LogP contribution is -2.45. The minimum atomic E-state index is -3.11. The number of hydrogen-bond donors (Lipinski definition) is 1. The van der Waals surface area contributed by atoms with Gasteiger partial charge < -0.3 is 15.0 Å². The van der Waals surface area contributed by atoms with Crippen molar-refractivity contribution in [2.75, 3.05) is 37.8 Å². The fourth-order valence-corrected chi connectivity index (χ4v) is 4.60. The van der Waals surface area contributed by atoms with Crippen LogP contribution in [0.15, 0.2) is 24.3 Å². The zero-order chi connectivity index (χ0) is 19.4. The number of nitrogens with zero attached hydrogens (tertiary/aromatic N) is 2. The van der Waals surface area contributed by atoms with Crippen LogP contribution >= 0.6 is 11.6 Å². The number of halogens is 1. The van der Waals surface area contributed by atoms with Crippen LogP contribution in [0.1, 0.15) is 25.7 Å². The number of carbonyl (C=O) groups is 1. The number of nitrogens with one attached hydrogen (secondary N) is 1. The second-order valence-electron chi connectivity index (χ2n) is 7.12. The Labute approximate surface area is 165 Å². The van der Waals surface area contributed by atoms with Crippen molar-refractivity contribution in [3.05, 3.63) is 29.3 Å². The summed E-state index contributed by atoms with van der Waals surface area (Å²) in [6.45, 7) is 2.31. The van der Waals surface area contributed by atoms with Gasteiger partial charge in [0, 0.05) is 36.9 Å². The van der Waals surface area contributed by atoms with Crippen molar-refractivity contribution in [3.8, 4) is 0 Å². The van der Waals surface area contributed by atoms with Gasteiger partial charge in [0.15, 0.2) is 0 Å². The van der Waals surface area contributed by atoms with Gasteiger partial charge in [0.25, 0.3) is 0 Å². The fraction of sp³-hybridized carbons (Fsp3) is 0.611. The van der Waals surface area contributed by atoms with Crippen molar-refractivity contribution in [1.82, 2.24) is 9.21 Å². The number of piperidine rings is 2. The summed E-state index contributed by atoms with van der Waals surface area (Å²) in [6.07, 6.45) is 4.49. The Kier molecular flexibility index (Phi) is 6.62. The molecule has 0 saturated carbocycles. The van der Waals surface area contributed by atoms with Gasteiger partial charge in [0.1, 0.15) is 0 Å². The van der Waals surface area contributed by atoms with Gasteiger partial charge in [0.05, 0.1) is 18.5 Å². The number of amides is 2. The SMILES string of the molecule is CS(=O)(=O)N1CCC(OC2CCN(C(=O)Nc3cccc(Cl)c3)CC2)CC1. The summed E-state index contributed by atoms with van der Waals surface area (Å²) in [5.41, 5.74) is 0.684. The molecule has 2 saturated heterocycles. The van der Waals surface area contributed by atoms with Gasteiger partial charge in [0.2, 0.25) is 10.0 Å². The van der Waals surface area contributed by atoms with E-state index in [1.54, 1.807) is 23.1 Å². The predicted molar refractivity (Wildman–Crippen MR) is 106 cm³/mol. The van der Waals surface area contributed by atoms with Crippen LogP contribution in [0.2, 0.25) is 5.02 Å². The quantitative estimate of drug-likeness (QED) is 0.820. The van der Waals surface area contributed by atoms with Crippen LogP contribution in [-0.2, 0) is 14.8 Å². The summed E-state index contributed by atoms with van der Waals surface area (Å²) in [7, 11) is -3.11. The number of urea groups is 1. The molecule has 0 radical (unpaired) electrons. The molecule has 1 N–H and O–H groups in total. The molecule has 2 amide bonds. The van der Waals surface area contributed by atoms with Crippen molar-refractivity contribution < 1.29 is 17.9 Å². The van der Waals surface area contributed by atoms with Crippen LogP contribution in [0.4, 0.5) is 10.5 Å². The van der Waals surface area contributed by atoms with Gasteiger partial charge >= 0.3 is 6.03 Å². The highest BCUT2D eigenvalue weighted by Crippen LogP contribution is 2.23. The molecule has 7 nitrogen and oxygen atoms in total. The molecule has 2 heterocycles. The van der Waals surface area contributed by atoms with Crippen molar-refractivity contribution >= 4 is 33.3 Å². The molecule has 0 aliphatic carbocycles. The maximum Gasteiger partial charge on any atom is 0.321 e. The second-order valence-corrected chi connectivity index (χ2v) is 9.54. The first kappa shape index (κ1) is 20.4. The summed E-state index contributed by atoms with van der Waals surface area (Å²) in [5, 5.41) is 3.45. The van der Waals surface area contributed by atoms with E-state index in [1.807, 2.05) is 6.07 Å². The third-order valence-electron chi connectivity index (χ3n) is 5.06. The molecule has 27 heavy (non-hydrogen) atoms. The predicted octanol–water partition coefficient (Wildman–Crippen LogP) is 2.78. The van der Waals surface area contributed by atoms with Crippen LogP contribution in [-0.4, -0.2) is 68.3 Å². The van der Waals surface area contributed by atoms with E-state index < -0.39 is 10.0 Å². The number of ether oxygens (including phenoxy) is 1. The van der Waals surface area contributed by atoms with E-state index in [-0.39, 0.29) is 18.2 Å². The number of hydrogen-bond acceptors (Lipinski definition) is 4. The Hall–Kier alpha value is -1.35. The number of benzene rings is 1. The zero-order valence-electron chi connectivity index (χ0n) is 15.4. The molecule has 3 rings (SSSR count). The molecule has 150 valence electrons. The molecule has 2 aliphatic rings. The minimum absolute atomic E-state index is 0.0971. The third kappa shape index (κ3) is 5.81. The molecule has 0 atom stereocenters. The van der Waals surface area contributed by atoms with Crippen LogP contribution in [0.5, 0.6) is 0 Å². The monoisotopic (exact) mass is 415 g/mol. The molecule has 2 fully saturated rings. The molecular formula is C18H26ClN3O4S. The average molecular weight is 416 g/mol. The lowest BCUT2D eigenvalue weighted by atomic mass is 10.1. The number of anilines is 1. The maximum absolute atomic E-state index is 12.4. The van der Waals surface area contributed by atoms with Crippen LogP contribution in [0.25, 0.3) is 0 Å². The molecule has 9 heteroatoms. The summed E-state index contributed by atoms with van der Waals surface area (Å²) < 4.78 is 30.8. The Bertz CT molecular complexity index is 758. The van der Waals surface area contributed by atoms with E-state index in [9.17, 15) is 13.2 Å². The first-order valence-electron chi connectivity index (χ1n) is 9.23. The van der Waals surface area contributed by atoms with Gasteiger partial charge in [-0.2, -0.15) is 0 Å².